The summed E-state index contributed by atoms with van der Waals surface area (Å²) in [5.74, 6) is 1.58. The molecule has 0 spiro atoms. The van der Waals surface area contributed by atoms with Crippen LogP contribution in [-0.4, -0.2) is 22.3 Å². The Morgan fingerprint density at radius 1 is 1.39 bits per heavy atom. The Morgan fingerprint density at radius 3 is 3.00 bits per heavy atom. The summed E-state index contributed by atoms with van der Waals surface area (Å²) in [6.07, 6.45) is 3.97. The average molecular weight is 263 g/mol. The molecule has 0 aliphatic carbocycles. The number of hydrogen-bond donors (Lipinski definition) is 1. The number of anilines is 1. The van der Waals surface area contributed by atoms with Crippen molar-refractivity contribution in [3.05, 3.63) is 17.3 Å². The lowest BCUT2D eigenvalue weighted by molar-refractivity contribution is 0.0996. The van der Waals surface area contributed by atoms with Crippen molar-refractivity contribution in [2.24, 2.45) is 0 Å². The lowest BCUT2D eigenvalue weighted by Gasteiger charge is -2.13. The van der Waals surface area contributed by atoms with Crippen LogP contribution in [0.5, 0.6) is 0 Å². The SMILES string of the molecule is Nc1sccc1-c1nc(C2CC3CCC2O3)no1. The molecule has 3 atom stereocenters. The highest BCUT2D eigenvalue weighted by atomic mass is 32.1. The first kappa shape index (κ1) is 10.5. The second kappa shape index (κ2) is 3.80. The highest BCUT2D eigenvalue weighted by molar-refractivity contribution is 7.14. The van der Waals surface area contributed by atoms with Crippen molar-refractivity contribution in [1.29, 1.82) is 0 Å². The van der Waals surface area contributed by atoms with Gasteiger partial charge in [0.15, 0.2) is 5.82 Å². The third-order valence-electron chi connectivity index (χ3n) is 3.80. The molecule has 2 fully saturated rings. The fourth-order valence-corrected chi connectivity index (χ4v) is 3.54. The highest BCUT2D eigenvalue weighted by Crippen LogP contribution is 2.44. The number of nitrogens with two attached hydrogens (primary N) is 1. The molecular weight excluding hydrogens is 250 g/mol. The van der Waals surface area contributed by atoms with Crippen LogP contribution in [0.2, 0.25) is 0 Å². The van der Waals surface area contributed by atoms with Crippen molar-refractivity contribution in [3.63, 3.8) is 0 Å². The van der Waals surface area contributed by atoms with Gasteiger partial charge in [0, 0.05) is 0 Å². The molecule has 3 unspecified atom stereocenters. The summed E-state index contributed by atoms with van der Waals surface area (Å²) < 4.78 is 11.1. The molecule has 4 heterocycles. The standard InChI is InChI=1S/C12H13N3O2S/c13-10-7(3-4-18-10)12-14-11(15-17-12)8-5-6-1-2-9(8)16-6/h3-4,6,8-9H,1-2,5,13H2. The van der Waals surface area contributed by atoms with Crippen molar-refractivity contribution >= 4 is 16.3 Å². The normalized spacial score (nSPS) is 30.1. The molecule has 2 bridgehead atoms. The first-order valence-corrected chi connectivity index (χ1v) is 7.01. The van der Waals surface area contributed by atoms with Crippen molar-refractivity contribution in [1.82, 2.24) is 10.1 Å². The summed E-state index contributed by atoms with van der Waals surface area (Å²) in [5, 5.41) is 6.74. The lowest BCUT2D eigenvalue weighted by Crippen LogP contribution is -2.15. The van der Waals surface area contributed by atoms with Gasteiger partial charge in [-0.2, -0.15) is 4.98 Å². The number of aromatic nitrogens is 2. The zero-order valence-corrected chi connectivity index (χ0v) is 10.5. The quantitative estimate of drug-likeness (QED) is 0.900. The summed E-state index contributed by atoms with van der Waals surface area (Å²) in [6, 6.07) is 1.91. The van der Waals surface area contributed by atoms with Crippen molar-refractivity contribution in [3.8, 4) is 11.5 Å². The van der Waals surface area contributed by atoms with Crippen molar-refractivity contribution in [2.45, 2.75) is 37.4 Å². The van der Waals surface area contributed by atoms with Crippen LogP contribution < -0.4 is 5.73 Å². The number of nitrogen functional groups attached to an aromatic ring is 1. The molecule has 94 valence electrons. The largest absolute Gasteiger partial charge is 0.390 e. The van der Waals surface area contributed by atoms with E-state index >= 15 is 0 Å². The van der Waals surface area contributed by atoms with Gasteiger partial charge in [0.1, 0.15) is 0 Å². The Balaban J connectivity index is 1.65. The average Bonchev–Trinajstić information content (AvgIpc) is 3.12. The van der Waals surface area contributed by atoms with Crippen LogP contribution in [0.3, 0.4) is 0 Å². The van der Waals surface area contributed by atoms with E-state index in [4.69, 9.17) is 15.0 Å². The molecule has 2 aromatic heterocycles. The molecule has 4 rings (SSSR count). The first-order valence-electron chi connectivity index (χ1n) is 6.13. The van der Waals surface area contributed by atoms with Crippen molar-refractivity contribution < 1.29 is 9.26 Å². The predicted octanol–water partition coefficient (Wildman–Crippen LogP) is 2.42. The van der Waals surface area contributed by atoms with Gasteiger partial charge in [-0.1, -0.05) is 5.16 Å². The molecule has 5 nitrogen and oxygen atoms in total. The first-order chi connectivity index (χ1) is 8.81. The molecule has 2 aromatic rings. The molecule has 2 saturated heterocycles. The van der Waals surface area contributed by atoms with Crippen LogP contribution >= 0.6 is 11.3 Å². The summed E-state index contributed by atoms with van der Waals surface area (Å²) in [5.41, 5.74) is 6.70. The molecule has 6 heteroatoms. The van der Waals surface area contributed by atoms with E-state index in [1.165, 1.54) is 17.8 Å². The summed E-state index contributed by atoms with van der Waals surface area (Å²) >= 11 is 1.48. The molecule has 0 amide bonds. The minimum absolute atomic E-state index is 0.278. The fraction of sp³-hybridized carbons (Fsp3) is 0.500. The third kappa shape index (κ3) is 1.49. The zero-order valence-electron chi connectivity index (χ0n) is 9.70. The Morgan fingerprint density at radius 2 is 2.33 bits per heavy atom. The van der Waals surface area contributed by atoms with Crippen LogP contribution in [0, 0.1) is 0 Å². The van der Waals surface area contributed by atoms with Crippen LogP contribution in [0.4, 0.5) is 5.00 Å². The second-order valence-corrected chi connectivity index (χ2v) is 5.82. The maximum atomic E-state index is 5.86. The van der Waals surface area contributed by atoms with E-state index in [9.17, 15) is 0 Å². The highest BCUT2D eigenvalue weighted by Gasteiger charge is 2.43. The number of rotatable bonds is 2. The van der Waals surface area contributed by atoms with Crippen LogP contribution in [0.25, 0.3) is 11.5 Å². The number of fused-ring (bicyclic) bond motifs is 2. The minimum atomic E-state index is 0.278. The molecule has 2 N–H and O–H groups in total. The Bertz CT molecular complexity index is 579. The van der Waals surface area contributed by atoms with Gasteiger partial charge < -0.3 is 15.0 Å². The second-order valence-electron chi connectivity index (χ2n) is 4.87. The summed E-state index contributed by atoms with van der Waals surface area (Å²) in [6.45, 7) is 0. The summed E-state index contributed by atoms with van der Waals surface area (Å²) in [7, 11) is 0. The van der Waals surface area contributed by atoms with E-state index < -0.39 is 0 Å². The van der Waals surface area contributed by atoms with Crippen LogP contribution in [0.1, 0.15) is 31.0 Å². The fourth-order valence-electron chi connectivity index (χ4n) is 2.90. The van der Waals surface area contributed by atoms with Gasteiger partial charge in [0.2, 0.25) is 0 Å². The topological polar surface area (TPSA) is 74.2 Å². The number of ether oxygens (including phenoxy) is 1. The number of hydrogen-bond acceptors (Lipinski definition) is 6. The van der Waals surface area contributed by atoms with E-state index in [0.717, 1.165) is 29.2 Å². The lowest BCUT2D eigenvalue weighted by atomic mass is 9.89. The third-order valence-corrected chi connectivity index (χ3v) is 4.55. The Labute approximate surface area is 108 Å². The smallest absolute Gasteiger partial charge is 0.260 e. The Kier molecular flexibility index (Phi) is 2.22. The minimum Gasteiger partial charge on any atom is -0.390 e. The van der Waals surface area contributed by atoms with Gasteiger partial charge in [0.05, 0.1) is 28.7 Å². The van der Waals surface area contributed by atoms with E-state index in [1.807, 2.05) is 11.4 Å². The molecular formula is C12H13N3O2S. The molecule has 0 aromatic carbocycles. The van der Waals surface area contributed by atoms with Gasteiger partial charge in [-0.25, -0.2) is 0 Å². The van der Waals surface area contributed by atoms with Crippen molar-refractivity contribution in [2.75, 3.05) is 5.73 Å². The molecule has 0 radical (unpaired) electrons. The molecule has 2 aliphatic heterocycles. The van der Waals surface area contributed by atoms with Crippen LogP contribution in [-0.2, 0) is 4.74 Å². The number of nitrogens with zero attached hydrogens (tertiary/aromatic N) is 2. The summed E-state index contributed by atoms with van der Waals surface area (Å²) in [4.78, 5) is 4.48. The molecule has 18 heavy (non-hydrogen) atoms. The van der Waals surface area contributed by atoms with Gasteiger partial charge in [-0.05, 0) is 30.7 Å². The van der Waals surface area contributed by atoms with Gasteiger partial charge in [-0.15, -0.1) is 11.3 Å². The zero-order chi connectivity index (χ0) is 12.1. The molecule has 2 aliphatic rings. The van der Waals surface area contributed by atoms with E-state index in [2.05, 4.69) is 10.1 Å². The van der Waals surface area contributed by atoms with Crippen LogP contribution in [0.15, 0.2) is 16.0 Å². The van der Waals surface area contributed by atoms with Gasteiger partial charge in [-0.3, -0.25) is 0 Å². The monoisotopic (exact) mass is 263 g/mol. The van der Waals surface area contributed by atoms with E-state index in [0.29, 0.717) is 17.9 Å². The van der Waals surface area contributed by atoms with Gasteiger partial charge in [0.25, 0.3) is 5.89 Å². The number of thiophene rings is 1. The predicted molar refractivity (Wildman–Crippen MR) is 67.3 cm³/mol. The maximum absolute atomic E-state index is 5.86. The molecule has 0 saturated carbocycles. The Hall–Kier alpha value is -1.40. The van der Waals surface area contributed by atoms with E-state index in [1.54, 1.807) is 0 Å². The maximum Gasteiger partial charge on any atom is 0.260 e. The van der Waals surface area contributed by atoms with Gasteiger partial charge >= 0.3 is 0 Å². The van der Waals surface area contributed by atoms with E-state index in [-0.39, 0.29) is 6.10 Å².